The van der Waals surface area contributed by atoms with Crippen LogP contribution in [-0.2, 0) is 5.75 Å². The summed E-state index contributed by atoms with van der Waals surface area (Å²) < 4.78 is 29.0. The van der Waals surface area contributed by atoms with Gasteiger partial charge >= 0.3 is 0 Å². The highest BCUT2D eigenvalue weighted by molar-refractivity contribution is 7.98. The van der Waals surface area contributed by atoms with E-state index in [4.69, 9.17) is 9.52 Å². The van der Waals surface area contributed by atoms with E-state index >= 15 is 0 Å². The molecule has 0 saturated heterocycles. The van der Waals surface area contributed by atoms with E-state index in [9.17, 15) is 13.6 Å². The van der Waals surface area contributed by atoms with Crippen molar-refractivity contribution in [2.75, 3.05) is 13.2 Å². The van der Waals surface area contributed by atoms with Gasteiger partial charge in [0.2, 0.25) is 0 Å². The molecule has 1 rings (SSSR count). The maximum Gasteiger partial charge on any atom is 0.287 e. The minimum atomic E-state index is -2.46. The van der Waals surface area contributed by atoms with E-state index in [1.165, 1.54) is 12.1 Å². The Kier molecular flexibility index (Phi) is 6.14. The summed E-state index contributed by atoms with van der Waals surface area (Å²) in [5, 5.41) is 11.4. The molecule has 4 nitrogen and oxygen atoms in total. The van der Waals surface area contributed by atoms with Crippen LogP contribution < -0.4 is 5.32 Å². The summed E-state index contributed by atoms with van der Waals surface area (Å²) in [4.78, 5) is 11.6. The van der Waals surface area contributed by atoms with Gasteiger partial charge in [-0.15, -0.1) is 0 Å². The minimum absolute atomic E-state index is 0.0191. The molecule has 1 heterocycles. The number of carbonyl (C=O) groups is 1. The van der Waals surface area contributed by atoms with E-state index < -0.39 is 11.7 Å². The number of hydrogen-bond donors (Lipinski definition) is 2. The Morgan fingerprint density at radius 3 is 2.89 bits per heavy atom. The van der Waals surface area contributed by atoms with Crippen LogP contribution in [0.4, 0.5) is 8.78 Å². The maximum absolute atomic E-state index is 12.0. The molecule has 1 amide bonds. The van der Waals surface area contributed by atoms with Gasteiger partial charge in [-0.2, -0.15) is 8.78 Å². The normalized spacial score (nSPS) is 12.7. The number of thioether (sulfide) groups is 1. The SMILES string of the molecule is CC(CO)CNC(=O)c1ccc(CSC(F)F)o1. The molecule has 0 spiro atoms. The van der Waals surface area contributed by atoms with Gasteiger partial charge in [0.05, 0.1) is 5.75 Å². The number of furan rings is 1. The minimum Gasteiger partial charge on any atom is -0.455 e. The summed E-state index contributed by atoms with van der Waals surface area (Å²) >= 11 is 0.439. The topological polar surface area (TPSA) is 62.5 Å². The lowest BCUT2D eigenvalue weighted by Crippen LogP contribution is -2.29. The zero-order valence-corrected chi connectivity index (χ0v) is 10.7. The van der Waals surface area contributed by atoms with Gasteiger partial charge in [-0.1, -0.05) is 18.7 Å². The van der Waals surface area contributed by atoms with E-state index in [1.807, 2.05) is 0 Å². The van der Waals surface area contributed by atoms with Crippen molar-refractivity contribution in [3.8, 4) is 0 Å². The number of carbonyl (C=O) groups excluding carboxylic acids is 1. The Hall–Kier alpha value is -1.08. The number of halogens is 2. The molecular formula is C11H15F2NO3S. The van der Waals surface area contributed by atoms with Crippen LogP contribution >= 0.6 is 11.8 Å². The fourth-order valence-corrected chi connectivity index (χ4v) is 1.59. The van der Waals surface area contributed by atoms with E-state index in [-0.39, 0.29) is 24.0 Å². The Labute approximate surface area is 108 Å². The average molecular weight is 279 g/mol. The first-order chi connectivity index (χ1) is 8.52. The maximum atomic E-state index is 12.0. The zero-order chi connectivity index (χ0) is 13.5. The van der Waals surface area contributed by atoms with Gasteiger partial charge in [-0.05, 0) is 18.1 Å². The second kappa shape index (κ2) is 7.38. The number of alkyl halides is 2. The number of aliphatic hydroxyl groups is 1. The quantitative estimate of drug-likeness (QED) is 0.802. The lowest BCUT2D eigenvalue weighted by atomic mass is 10.2. The molecule has 0 radical (unpaired) electrons. The fourth-order valence-electron chi connectivity index (χ4n) is 1.14. The molecule has 7 heteroatoms. The van der Waals surface area contributed by atoms with Crippen molar-refractivity contribution >= 4 is 17.7 Å². The molecule has 1 aromatic heterocycles. The van der Waals surface area contributed by atoms with Gasteiger partial charge in [0.25, 0.3) is 11.7 Å². The van der Waals surface area contributed by atoms with Gasteiger partial charge in [-0.25, -0.2) is 0 Å². The third-order valence-corrected chi connectivity index (χ3v) is 2.86. The second-order valence-corrected chi connectivity index (χ2v) is 4.81. The number of hydrogen-bond acceptors (Lipinski definition) is 4. The third kappa shape index (κ3) is 5.05. The van der Waals surface area contributed by atoms with E-state index in [2.05, 4.69) is 5.32 Å². The van der Waals surface area contributed by atoms with Crippen LogP contribution in [0.2, 0.25) is 0 Å². The van der Waals surface area contributed by atoms with Crippen molar-refractivity contribution in [3.05, 3.63) is 23.7 Å². The monoisotopic (exact) mass is 279 g/mol. The summed E-state index contributed by atoms with van der Waals surface area (Å²) in [7, 11) is 0. The van der Waals surface area contributed by atoms with Crippen LogP contribution in [0.15, 0.2) is 16.5 Å². The molecule has 1 unspecified atom stereocenters. The van der Waals surface area contributed by atoms with Gasteiger partial charge in [0.15, 0.2) is 5.76 Å². The van der Waals surface area contributed by atoms with E-state index in [1.54, 1.807) is 6.92 Å². The van der Waals surface area contributed by atoms with Crippen molar-refractivity contribution < 1.29 is 23.1 Å². The van der Waals surface area contributed by atoms with Gasteiger partial charge in [-0.3, -0.25) is 4.79 Å². The largest absolute Gasteiger partial charge is 0.455 e. The first-order valence-electron chi connectivity index (χ1n) is 5.40. The molecule has 0 aromatic carbocycles. The molecule has 18 heavy (non-hydrogen) atoms. The molecule has 0 aliphatic rings. The molecule has 2 N–H and O–H groups in total. The zero-order valence-electron chi connectivity index (χ0n) is 9.86. The van der Waals surface area contributed by atoms with Gasteiger partial charge in [0, 0.05) is 13.2 Å². The van der Waals surface area contributed by atoms with Gasteiger partial charge in [0.1, 0.15) is 5.76 Å². The lowest BCUT2D eigenvalue weighted by molar-refractivity contribution is 0.0913. The molecule has 0 saturated carbocycles. The van der Waals surface area contributed by atoms with Crippen molar-refractivity contribution in [1.29, 1.82) is 0 Å². The van der Waals surface area contributed by atoms with Crippen molar-refractivity contribution in [2.24, 2.45) is 5.92 Å². The van der Waals surface area contributed by atoms with Crippen LogP contribution in [-0.4, -0.2) is 29.9 Å². The summed E-state index contributed by atoms with van der Waals surface area (Å²) in [6, 6.07) is 2.94. The summed E-state index contributed by atoms with van der Waals surface area (Å²) in [5.41, 5.74) is 0. The highest BCUT2D eigenvalue weighted by Gasteiger charge is 2.13. The van der Waals surface area contributed by atoms with Gasteiger partial charge < -0.3 is 14.8 Å². The number of rotatable bonds is 7. The van der Waals surface area contributed by atoms with Crippen LogP contribution in [0.5, 0.6) is 0 Å². The van der Waals surface area contributed by atoms with Crippen LogP contribution in [0, 0.1) is 5.92 Å². The Bertz CT molecular complexity index is 384. The lowest BCUT2D eigenvalue weighted by Gasteiger charge is -2.07. The summed E-state index contributed by atoms with van der Waals surface area (Å²) in [6.45, 7) is 2.10. The van der Waals surface area contributed by atoms with Crippen molar-refractivity contribution in [3.63, 3.8) is 0 Å². The first-order valence-corrected chi connectivity index (χ1v) is 6.45. The Morgan fingerprint density at radius 1 is 1.56 bits per heavy atom. The first kappa shape index (κ1) is 15.0. The van der Waals surface area contributed by atoms with Crippen LogP contribution in [0.1, 0.15) is 23.2 Å². The molecular weight excluding hydrogens is 264 g/mol. The highest BCUT2D eigenvalue weighted by atomic mass is 32.2. The van der Waals surface area contributed by atoms with Crippen LogP contribution in [0.25, 0.3) is 0 Å². The van der Waals surface area contributed by atoms with Crippen molar-refractivity contribution in [2.45, 2.75) is 18.4 Å². The molecule has 1 atom stereocenters. The number of nitrogens with one attached hydrogen (secondary N) is 1. The highest BCUT2D eigenvalue weighted by Crippen LogP contribution is 2.21. The molecule has 102 valence electrons. The molecule has 1 aromatic rings. The average Bonchev–Trinajstić information content (AvgIpc) is 2.81. The van der Waals surface area contributed by atoms with E-state index in [0.717, 1.165) is 0 Å². The number of amides is 1. The summed E-state index contributed by atoms with van der Waals surface area (Å²) in [6.07, 6.45) is 0. The smallest absolute Gasteiger partial charge is 0.287 e. The standard InChI is InChI=1S/C11H15F2NO3S/c1-7(5-15)4-14-10(16)9-3-2-8(17-9)6-18-11(12)13/h2-3,7,11,15H,4-6H2,1H3,(H,14,16). The Morgan fingerprint density at radius 2 is 2.28 bits per heavy atom. The van der Waals surface area contributed by atoms with Crippen molar-refractivity contribution in [1.82, 2.24) is 5.32 Å². The molecule has 0 bridgehead atoms. The summed E-state index contributed by atoms with van der Waals surface area (Å²) in [5.74, 6) is -2.47. The molecule has 0 aliphatic heterocycles. The van der Waals surface area contributed by atoms with Crippen LogP contribution in [0.3, 0.4) is 0 Å². The third-order valence-electron chi connectivity index (χ3n) is 2.16. The predicted octanol–water partition coefficient (Wildman–Crippen LogP) is 2.09. The fraction of sp³-hybridized carbons (Fsp3) is 0.545. The second-order valence-electron chi connectivity index (χ2n) is 3.84. The Balaban J connectivity index is 2.44. The predicted molar refractivity (Wildman–Crippen MR) is 64.6 cm³/mol. The molecule has 0 fully saturated rings. The number of aliphatic hydroxyl groups excluding tert-OH is 1. The molecule has 0 aliphatic carbocycles. The van der Waals surface area contributed by atoms with E-state index in [0.29, 0.717) is 24.1 Å².